The van der Waals surface area contributed by atoms with Crippen molar-refractivity contribution in [3.05, 3.63) is 64.0 Å². The summed E-state index contributed by atoms with van der Waals surface area (Å²) >= 11 is 7.87. The molecule has 0 unspecified atom stereocenters. The summed E-state index contributed by atoms with van der Waals surface area (Å²) in [6.45, 7) is 4.85. The molecular formula is C19H23ClN6S. The van der Waals surface area contributed by atoms with Gasteiger partial charge in [-0.05, 0) is 25.0 Å². The number of aliphatic imine (C=N–C) groups is 1. The van der Waals surface area contributed by atoms with Gasteiger partial charge in [-0.1, -0.05) is 30.7 Å². The molecule has 142 valence electrons. The lowest BCUT2D eigenvalue weighted by atomic mass is 9.66. The Hall–Kier alpha value is -2.22. The molecule has 1 aliphatic rings. The number of halogens is 1. The molecule has 0 aromatic carbocycles. The first-order valence-corrected chi connectivity index (χ1v) is 9.92. The minimum Gasteiger partial charge on any atom is -0.370 e. The van der Waals surface area contributed by atoms with Gasteiger partial charge in [0.15, 0.2) is 5.96 Å². The van der Waals surface area contributed by atoms with Crippen LogP contribution < -0.4 is 16.8 Å². The summed E-state index contributed by atoms with van der Waals surface area (Å²) in [5.74, 6) is 0.336. The lowest BCUT2D eigenvalue weighted by Crippen LogP contribution is -2.40. The first-order chi connectivity index (χ1) is 13.1. The number of pyridine rings is 1. The Morgan fingerprint density at radius 3 is 2.85 bits per heavy atom. The molecule has 1 saturated carbocycles. The summed E-state index contributed by atoms with van der Waals surface area (Å²) in [6.07, 6.45) is 10.2. The molecule has 0 aliphatic heterocycles. The number of rotatable bonds is 7. The molecule has 5 N–H and O–H groups in total. The zero-order chi connectivity index (χ0) is 19.3. The number of hydrogen-bond acceptors (Lipinski definition) is 5. The van der Waals surface area contributed by atoms with Crippen molar-refractivity contribution in [2.75, 3.05) is 6.54 Å². The van der Waals surface area contributed by atoms with E-state index in [0.717, 1.165) is 40.4 Å². The fourth-order valence-electron chi connectivity index (χ4n) is 3.03. The van der Waals surface area contributed by atoms with Crippen LogP contribution in [0.2, 0.25) is 5.02 Å². The van der Waals surface area contributed by atoms with Gasteiger partial charge in [0.1, 0.15) is 5.01 Å². The van der Waals surface area contributed by atoms with Crippen LogP contribution in [0.5, 0.6) is 0 Å². The maximum atomic E-state index is 6.35. The molecule has 27 heavy (non-hydrogen) atoms. The monoisotopic (exact) mass is 402 g/mol. The van der Waals surface area contributed by atoms with Crippen molar-refractivity contribution < 1.29 is 0 Å². The topological polar surface area (TPSA) is 102 Å². The smallest absolute Gasteiger partial charge is 0.192 e. The van der Waals surface area contributed by atoms with Crippen LogP contribution in [0.1, 0.15) is 34.8 Å². The first kappa shape index (κ1) is 19.5. The molecule has 2 heterocycles. The van der Waals surface area contributed by atoms with Gasteiger partial charge in [-0.25, -0.2) is 4.98 Å². The second-order valence-corrected chi connectivity index (χ2v) is 7.98. The maximum Gasteiger partial charge on any atom is 0.192 e. The zero-order valence-electron chi connectivity index (χ0n) is 15.0. The van der Waals surface area contributed by atoms with Crippen molar-refractivity contribution in [1.29, 1.82) is 0 Å². The fourth-order valence-corrected chi connectivity index (χ4v) is 4.15. The Morgan fingerprint density at radius 1 is 1.44 bits per heavy atom. The first-order valence-electron chi connectivity index (χ1n) is 8.73. The molecular weight excluding hydrogens is 380 g/mol. The molecule has 3 rings (SSSR count). The van der Waals surface area contributed by atoms with Crippen molar-refractivity contribution in [2.45, 2.75) is 31.2 Å². The van der Waals surface area contributed by atoms with Crippen molar-refractivity contribution in [3.8, 4) is 0 Å². The molecule has 8 heteroatoms. The number of nitrogens with one attached hydrogen (secondary N) is 1. The van der Waals surface area contributed by atoms with Crippen molar-refractivity contribution >= 4 is 34.5 Å². The van der Waals surface area contributed by atoms with Crippen LogP contribution >= 0.6 is 22.9 Å². The Labute approximate surface area is 168 Å². The molecule has 2 aromatic rings. The van der Waals surface area contributed by atoms with E-state index in [1.165, 1.54) is 11.3 Å². The molecule has 0 radical (unpaired) electrons. The van der Waals surface area contributed by atoms with E-state index in [1.54, 1.807) is 24.7 Å². The standard InChI is InChI=1S/C19H23ClN6S/c1-2-13(17-24-11-14(9-21)27-17)10-25-18(22)26-12-19(6-4-7-19)16-15(20)5-3-8-23-16/h2-3,5,8,10-11H,1,4,6-7,9,12,21H2,(H3,22,25,26)/b13-10+. The summed E-state index contributed by atoms with van der Waals surface area (Å²) in [4.78, 5) is 14.4. The predicted octanol–water partition coefficient (Wildman–Crippen LogP) is 3.20. The van der Waals surface area contributed by atoms with E-state index in [2.05, 4.69) is 26.9 Å². The third-order valence-electron chi connectivity index (χ3n) is 4.72. The van der Waals surface area contributed by atoms with Crippen LogP contribution in [0, 0.1) is 0 Å². The van der Waals surface area contributed by atoms with E-state index in [1.807, 2.05) is 12.1 Å². The van der Waals surface area contributed by atoms with Crippen molar-refractivity contribution in [2.24, 2.45) is 16.5 Å². The predicted molar refractivity (Wildman–Crippen MR) is 113 cm³/mol. The van der Waals surface area contributed by atoms with Crippen LogP contribution in [-0.4, -0.2) is 22.5 Å². The average molecular weight is 403 g/mol. The number of guanidine groups is 1. The number of nitrogens with two attached hydrogens (primary N) is 2. The molecule has 0 bridgehead atoms. The van der Waals surface area contributed by atoms with Gasteiger partial charge in [0.25, 0.3) is 0 Å². The Balaban J connectivity index is 1.70. The van der Waals surface area contributed by atoms with Gasteiger partial charge in [0, 0.05) is 41.0 Å². The van der Waals surface area contributed by atoms with E-state index in [-0.39, 0.29) is 5.41 Å². The summed E-state index contributed by atoms with van der Waals surface area (Å²) in [7, 11) is 0. The van der Waals surface area contributed by atoms with Crippen LogP contribution in [0.4, 0.5) is 0 Å². The summed E-state index contributed by atoms with van der Waals surface area (Å²) < 4.78 is 0. The van der Waals surface area contributed by atoms with E-state index < -0.39 is 0 Å². The minimum absolute atomic E-state index is 0.124. The van der Waals surface area contributed by atoms with E-state index >= 15 is 0 Å². The van der Waals surface area contributed by atoms with Crippen LogP contribution in [-0.2, 0) is 12.0 Å². The largest absolute Gasteiger partial charge is 0.370 e. The van der Waals surface area contributed by atoms with Gasteiger partial charge in [0.05, 0.1) is 17.3 Å². The molecule has 0 amide bonds. The quantitative estimate of drug-likeness (QED) is 0.375. The number of hydrogen-bond donors (Lipinski definition) is 3. The third kappa shape index (κ3) is 4.37. The molecule has 2 aromatic heterocycles. The van der Waals surface area contributed by atoms with Crippen molar-refractivity contribution in [1.82, 2.24) is 15.3 Å². The van der Waals surface area contributed by atoms with Crippen LogP contribution in [0.25, 0.3) is 5.57 Å². The van der Waals surface area contributed by atoms with Gasteiger partial charge in [-0.15, -0.1) is 11.3 Å². The van der Waals surface area contributed by atoms with E-state index in [0.29, 0.717) is 24.1 Å². The van der Waals surface area contributed by atoms with Gasteiger partial charge in [0.2, 0.25) is 0 Å². The highest BCUT2D eigenvalue weighted by atomic mass is 35.5. The van der Waals surface area contributed by atoms with Gasteiger partial charge in [-0.3, -0.25) is 9.98 Å². The Morgan fingerprint density at radius 2 is 2.26 bits per heavy atom. The summed E-state index contributed by atoms with van der Waals surface area (Å²) in [6, 6.07) is 3.71. The van der Waals surface area contributed by atoms with E-state index in [9.17, 15) is 0 Å². The SMILES string of the molecule is C=C/C(=C\NC(N)=NCC1(c2ncccc2Cl)CCC1)c1ncc(CN)s1. The van der Waals surface area contributed by atoms with Crippen LogP contribution in [0.3, 0.4) is 0 Å². The maximum absolute atomic E-state index is 6.35. The highest BCUT2D eigenvalue weighted by molar-refractivity contribution is 7.12. The number of aromatic nitrogens is 2. The highest BCUT2D eigenvalue weighted by Crippen LogP contribution is 2.45. The number of allylic oxidation sites excluding steroid dienone is 2. The molecule has 1 fully saturated rings. The van der Waals surface area contributed by atoms with E-state index in [4.69, 9.17) is 23.1 Å². The molecule has 6 nitrogen and oxygen atoms in total. The second kappa shape index (κ2) is 8.65. The van der Waals surface area contributed by atoms with Crippen molar-refractivity contribution in [3.63, 3.8) is 0 Å². The lowest BCUT2D eigenvalue weighted by Gasteiger charge is -2.40. The zero-order valence-corrected chi connectivity index (χ0v) is 16.6. The number of thiazole rings is 1. The highest BCUT2D eigenvalue weighted by Gasteiger charge is 2.41. The number of nitrogens with zero attached hydrogens (tertiary/aromatic N) is 3. The lowest BCUT2D eigenvalue weighted by molar-refractivity contribution is 0.246. The average Bonchev–Trinajstić information content (AvgIpc) is 3.12. The normalized spacial score (nSPS) is 16.7. The fraction of sp³-hybridized carbons (Fsp3) is 0.316. The summed E-state index contributed by atoms with van der Waals surface area (Å²) in [5, 5.41) is 4.54. The Kier molecular flexibility index (Phi) is 6.26. The second-order valence-electron chi connectivity index (χ2n) is 6.45. The molecule has 0 saturated heterocycles. The van der Waals surface area contributed by atoms with Gasteiger partial charge < -0.3 is 16.8 Å². The minimum atomic E-state index is -0.124. The molecule has 0 atom stereocenters. The molecule has 1 aliphatic carbocycles. The molecule has 0 spiro atoms. The van der Waals surface area contributed by atoms with Crippen LogP contribution in [0.15, 0.2) is 48.4 Å². The Bertz CT molecular complexity index is 869. The third-order valence-corrected chi connectivity index (χ3v) is 6.09. The summed E-state index contributed by atoms with van der Waals surface area (Å²) in [5.41, 5.74) is 13.3. The van der Waals surface area contributed by atoms with Gasteiger partial charge in [-0.2, -0.15) is 0 Å². The van der Waals surface area contributed by atoms with Gasteiger partial charge >= 0.3 is 0 Å².